The van der Waals surface area contributed by atoms with E-state index in [0.717, 1.165) is 0 Å². The SMILES string of the molecule is C[C@@H](NC(=O)[C@H](O)C(C)(C)CO)C(=O)O. The molecule has 0 aromatic carbocycles. The number of carbonyl (C=O) groups is 2. The first-order valence-electron chi connectivity index (χ1n) is 4.54. The molecule has 0 rings (SSSR count). The van der Waals surface area contributed by atoms with E-state index in [4.69, 9.17) is 10.2 Å². The maximum Gasteiger partial charge on any atom is 0.325 e. The Balaban J connectivity index is 4.40. The fourth-order valence-corrected chi connectivity index (χ4v) is 0.795. The van der Waals surface area contributed by atoms with Crippen LogP contribution in [0.3, 0.4) is 0 Å². The molecule has 1 amide bonds. The zero-order valence-electron chi connectivity index (χ0n) is 9.02. The quantitative estimate of drug-likeness (QED) is 0.472. The molecule has 88 valence electrons. The number of carboxylic acids is 1. The molecule has 0 heterocycles. The van der Waals surface area contributed by atoms with Gasteiger partial charge in [-0.2, -0.15) is 0 Å². The van der Waals surface area contributed by atoms with E-state index in [1.165, 1.54) is 20.8 Å². The number of amides is 1. The van der Waals surface area contributed by atoms with Crippen molar-refractivity contribution in [3.63, 3.8) is 0 Å². The smallest absolute Gasteiger partial charge is 0.325 e. The van der Waals surface area contributed by atoms with Crippen molar-refractivity contribution in [2.45, 2.75) is 32.9 Å². The molecule has 4 N–H and O–H groups in total. The molecule has 0 aliphatic carbocycles. The van der Waals surface area contributed by atoms with Crippen LogP contribution >= 0.6 is 0 Å². The average Bonchev–Trinajstić information content (AvgIpc) is 2.16. The minimum Gasteiger partial charge on any atom is -0.480 e. The van der Waals surface area contributed by atoms with Gasteiger partial charge in [0.05, 0.1) is 6.61 Å². The number of hydrogen-bond acceptors (Lipinski definition) is 4. The Labute approximate surface area is 87.9 Å². The summed E-state index contributed by atoms with van der Waals surface area (Å²) in [6, 6.07) is -1.07. The number of rotatable bonds is 5. The van der Waals surface area contributed by atoms with E-state index < -0.39 is 29.4 Å². The van der Waals surface area contributed by atoms with E-state index in [2.05, 4.69) is 5.32 Å². The molecule has 6 heteroatoms. The maximum absolute atomic E-state index is 11.3. The number of nitrogens with one attached hydrogen (secondary N) is 1. The highest BCUT2D eigenvalue weighted by Crippen LogP contribution is 2.19. The molecule has 0 aromatic rings. The van der Waals surface area contributed by atoms with Crippen LogP contribution < -0.4 is 5.32 Å². The van der Waals surface area contributed by atoms with Crippen molar-refractivity contribution in [1.82, 2.24) is 5.32 Å². The lowest BCUT2D eigenvalue weighted by atomic mass is 9.87. The molecule has 2 atom stereocenters. The third-order valence-electron chi connectivity index (χ3n) is 2.13. The van der Waals surface area contributed by atoms with Crippen LogP contribution in [0.15, 0.2) is 0 Å². The molecule has 15 heavy (non-hydrogen) atoms. The van der Waals surface area contributed by atoms with Crippen molar-refractivity contribution in [3.05, 3.63) is 0 Å². The van der Waals surface area contributed by atoms with Gasteiger partial charge in [-0.05, 0) is 6.92 Å². The summed E-state index contributed by atoms with van der Waals surface area (Å²) < 4.78 is 0. The van der Waals surface area contributed by atoms with Gasteiger partial charge in [0.25, 0.3) is 0 Å². The van der Waals surface area contributed by atoms with Crippen LogP contribution in [0, 0.1) is 5.41 Å². The number of carboxylic acid groups (broad SMARTS) is 1. The molecule has 0 radical (unpaired) electrons. The number of aliphatic hydroxyl groups excluding tert-OH is 2. The lowest BCUT2D eigenvalue weighted by molar-refractivity contribution is -0.145. The number of carbonyl (C=O) groups excluding carboxylic acids is 1. The Kier molecular flexibility index (Phi) is 4.70. The third-order valence-corrected chi connectivity index (χ3v) is 2.13. The molecular formula is C9H17NO5. The third kappa shape index (κ3) is 3.85. The zero-order chi connectivity index (χ0) is 12.2. The van der Waals surface area contributed by atoms with Gasteiger partial charge in [-0.15, -0.1) is 0 Å². The van der Waals surface area contributed by atoms with Crippen LogP contribution in [0.2, 0.25) is 0 Å². The minimum absolute atomic E-state index is 0.372. The maximum atomic E-state index is 11.3. The summed E-state index contributed by atoms with van der Waals surface area (Å²) in [5, 5.41) is 29.1. The molecule has 0 aliphatic heterocycles. The molecular weight excluding hydrogens is 202 g/mol. The largest absolute Gasteiger partial charge is 0.480 e. The summed E-state index contributed by atoms with van der Waals surface area (Å²) in [5.41, 5.74) is -0.998. The van der Waals surface area contributed by atoms with E-state index >= 15 is 0 Å². The second-order valence-electron chi connectivity index (χ2n) is 4.12. The number of aliphatic hydroxyl groups is 2. The Morgan fingerprint density at radius 3 is 2.20 bits per heavy atom. The fourth-order valence-electron chi connectivity index (χ4n) is 0.795. The summed E-state index contributed by atoms with van der Waals surface area (Å²) >= 11 is 0. The van der Waals surface area contributed by atoms with Crippen LogP contribution in [0.1, 0.15) is 20.8 Å². The molecule has 0 aliphatic rings. The van der Waals surface area contributed by atoms with Crippen molar-refractivity contribution < 1.29 is 24.9 Å². The van der Waals surface area contributed by atoms with E-state index in [-0.39, 0.29) is 6.61 Å². The average molecular weight is 219 g/mol. The first kappa shape index (κ1) is 13.9. The van der Waals surface area contributed by atoms with Gasteiger partial charge in [-0.3, -0.25) is 9.59 Å². The van der Waals surface area contributed by atoms with Gasteiger partial charge >= 0.3 is 5.97 Å². The Hall–Kier alpha value is -1.14. The Morgan fingerprint density at radius 1 is 1.40 bits per heavy atom. The van der Waals surface area contributed by atoms with Crippen LogP contribution in [0.25, 0.3) is 0 Å². The summed E-state index contributed by atoms with van der Waals surface area (Å²) in [7, 11) is 0. The second kappa shape index (κ2) is 5.09. The van der Waals surface area contributed by atoms with Crippen molar-refractivity contribution in [1.29, 1.82) is 0 Å². The highest BCUT2D eigenvalue weighted by Gasteiger charge is 2.34. The molecule has 0 aromatic heterocycles. The van der Waals surface area contributed by atoms with Gasteiger partial charge < -0.3 is 20.6 Å². The second-order valence-corrected chi connectivity index (χ2v) is 4.12. The normalized spacial score (nSPS) is 15.5. The molecule has 0 unspecified atom stereocenters. The van der Waals surface area contributed by atoms with Gasteiger partial charge in [0, 0.05) is 5.41 Å². The van der Waals surface area contributed by atoms with E-state index in [1.807, 2.05) is 0 Å². The molecule has 0 saturated carbocycles. The van der Waals surface area contributed by atoms with Gasteiger partial charge in [0.2, 0.25) is 5.91 Å². The summed E-state index contributed by atoms with van der Waals surface area (Å²) in [4.78, 5) is 21.8. The van der Waals surface area contributed by atoms with Crippen molar-refractivity contribution in [3.8, 4) is 0 Å². The van der Waals surface area contributed by atoms with Gasteiger partial charge in [-0.25, -0.2) is 0 Å². The van der Waals surface area contributed by atoms with E-state index in [0.29, 0.717) is 0 Å². The highest BCUT2D eigenvalue weighted by atomic mass is 16.4. The van der Waals surface area contributed by atoms with E-state index in [1.54, 1.807) is 0 Å². The summed E-state index contributed by atoms with van der Waals surface area (Å²) in [5.74, 6) is -1.98. The van der Waals surface area contributed by atoms with Crippen LogP contribution in [0.4, 0.5) is 0 Å². The van der Waals surface area contributed by atoms with Crippen LogP contribution in [-0.4, -0.2) is 45.9 Å². The molecule has 0 fully saturated rings. The lowest BCUT2D eigenvalue weighted by Crippen LogP contribution is -2.49. The zero-order valence-corrected chi connectivity index (χ0v) is 9.02. The van der Waals surface area contributed by atoms with Gasteiger partial charge in [0.15, 0.2) is 0 Å². The standard InChI is InChI=1S/C9H17NO5/c1-5(8(14)15)10-7(13)6(12)9(2,3)4-11/h5-6,11-12H,4H2,1-3H3,(H,10,13)(H,14,15)/t5-,6+/m1/s1. The predicted molar refractivity (Wildman–Crippen MR) is 52.1 cm³/mol. The predicted octanol–water partition coefficient (Wildman–Crippen LogP) is -1.04. The van der Waals surface area contributed by atoms with Crippen LogP contribution in [-0.2, 0) is 9.59 Å². The number of hydrogen-bond donors (Lipinski definition) is 4. The first-order chi connectivity index (χ1) is 6.72. The van der Waals surface area contributed by atoms with Crippen LogP contribution in [0.5, 0.6) is 0 Å². The molecule has 0 saturated heterocycles. The van der Waals surface area contributed by atoms with Crippen molar-refractivity contribution >= 4 is 11.9 Å². The van der Waals surface area contributed by atoms with E-state index in [9.17, 15) is 14.7 Å². The molecule has 0 spiro atoms. The topological polar surface area (TPSA) is 107 Å². The van der Waals surface area contributed by atoms with Gasteiger partial charge in [0.1, 0.15) is 12.1 Å². The minimum atomic E-state index is -1.44. The highest BCUT2D eigenvalue weighted by molar-refractivity contribution is 5.86. The fraction of sp³-hybridized carbons (Fsp3) is 0.778. The molecule has 0 bridgehead atoms. The first-order valence-corrected chi connectivity index (χ1v) is 4.54. The molecule has 6 nitrogen and oxygen atoms in total. The summed E-state index contributed by atoms with van der Waals surface area (Å²) in [6.07, 6.45) is -1.44. The van der Waals surface area contributed by atoms with Gasteiger partial charge in [-0.1, -0.05) is 13.8 Å². The van der Waals surface area contributed by atoms with Crippen molar-refractivity contribution in [2.75, 3.05) is 6.61 Å². The Bertz CT molecular complexity index is 251. The lowest BCUT2D eigenvalue weighted by Gasteiger charge is -2.27. The Morgan fingerprint density at radius 2 is 1.87 bits per heavy atom. The summed E-state index contributed by atoms with van der Waals surface area (Å²) in [6.45, 7) is 3.92. The van der Waals surface area contributed by atoms with Crippen molar-refractivity contribution in [2.24, 2.45) is 5.41 Å². The monoisotopic (exact) mass is 219 g/mol. The number of aliphatic carboxylic acids is 1.